The molecule has 0 fully saturated rings. The number of carbonyl (C=O) groups excluding carboxylic acids is 1. The first-order chi connectivity index (χ1) is 6.86. The fourth-order valence-electron chi connectivity index (χ4n) is 0.849. The molecule has 1 aromatic rings. The van der Waals surface area contributed by atoms with Crippen LogP contribution in [0.25, 0.3) is 0 Å². The highest BCUT2D eigenvalue weighted by molar-refractivity contribution is 7.14. The average Bonchev–Trinajstić information content (AvgIpc) is 2.45. The maximum Gasteiger partial charge on any atom is 0.471 e. The van der Waals surface area contributed by atoms with Gasteiger partial charge in [0.1, 0.15) is 11.1 Å². The van der Waals surface area contributed by atoms with Gasteiger partial charge in [-0.2, -0.15) is 18.4 Å². The van der Waals surface area contributed by atoms with Crippen molar-refractivity contribution in [1.82, 2.24) is 0 Å². The van der Waals surface area contributed by atoms with Crippen molar-refractivity contribution in [2.45, 2.75) is 13.1 Å². The Bertz CT molecular complexity index is 430. The average molecular weight is 234 g/mol. The van der Waals surface area contributed by atoms with Crippen molar-refractivity contribution in [3.8, 4) is 6.07 Å². The summed E-state index contributed by atoms with van der Waals surface area (Å²) in [5.74, 6) is -2.07. The highest BCUT2D eigenvalue weighted by Gasteiger charge is 2.39. The molecule has 0 unspecified atom stereocenters. The number of anilines is 1. The van der Waals surface area contributed by atoms with Crippen molar-refractivity contribution < 1.29 is 18.0 Å². The van der Waals surface area contributed by atoms with Crippen LogP contribution in [0.15, 0.2) is 5.38 Å². The van der Waals surface area contributed by atoms with Gasteiger partial charge in [0.2, 0.25) is 0 Å². The van der Waals surface area contributed by atoms with Gasteiger partial charge < -0.3 is 5.32 Å². The van der Waals surface area contributed by atoms with E-state index in [0.29, 0.717) is 5.56 Å². The van der Waals surface area contributed by atoms with E-state index >= 15 is 0 Å². The first-order valence-electron chi connectivity index (χ1n) is 3.72. The lowest BCUT2D eigenvalue weighted by molar-refractivity contribution is -0.167. The van der Waals surface area contributed by atoms with Gasteiger partial charge in [0.25, 0.3) is 0 Å². The second-order valence-electron chi connectivity index (χ2n) is 2.69. The van der Waals surface area contributed by atoms with Crippen LogP contribution >= 0.6 is 11.3 Å². The Balaban J connectivity index is 2.92. The molecule has 1 heterocycles. The van der Waals surface area contributed by atoms with E-state index in [2.05, 4.69) is 0 Å². The normalized spacial score (nSPS) is 10.9. The summed E-state index contributed by atoms with van der Waals surface area (Å²) in [5, 5.41) is 11.7. The van der Waals surface area contributed by atoms with E-state index in [0.717, 1.165) is 11.3 Å². The number of nitriles is 1. The van der Waals surface area contributed by atoms with Crippen LogP contribution in [0.5, 0.6) is 0 Å². The number of nitrogens with zero attached hydrogens (tertiary/aromatic N) is 1. The number of rotatable bonds is 1. The van der Waals surface area contributed by atoms with Crippen LogP contribution in [-0.4, -0.2) is 12.1 Å². The summed E-state index contributed by atoms with van der Waals surface area (Å²) in [6, 6.07) is 1.73. The van der Waals surface area contributed by atoms with Gasteiger partial charge in [-0.05, 0) is 17.9 Å². The summed E-state index contributed by atoms with van der Waals surface area (Å²) in [6.07, 6.45) is -4.94. The number of nitrogens with one attached hydrogen (secondary N) is 1. The van der Waals surface area contributed by atoms with Gasteiger partial charge in [-0.3, -0.25) is 4.79 Å². The van der Waals surface area contributed by atoms with Crippen molar-refractivity contribution in [2.75, 3.05) is 5.32 Å². The molecule has 15 heavy (non-hydrogen) atoms. The highest BCUT2D eigenvalue weighted by Crippen LogP contribution is 2.28. The van der Waals surface area contributed by atoms with Crippen molar-refractivity contribution in [3.05, 3.63) is 16.5 Å². The molecular weight excluding hydrogens is 229 g/mol. The summed E-state index contributed by atoms with van der Waals surface area (Å²) < 4.78 is 35.7. The third-order valence-electron chi connectivity index (χ3n) is 1.57. The van der Waals surface area contributed by atoms with E-state index in [9.17, 15) is 18.0 Å². The first-order valence-corrected chi connectivity index (χ1v) is 4.60. The lowest BCUT2D eigenvalue weighted by atomic mass is 10.2. The van der Waals surface area contributed by atoms with E-state index in [1.807, 2.05) is 0 Å². The first kappa shape index (κ1) is 11.5. The van der Waals surface area contributed by atoms with Crippen molar-refractivity contribution in [2.24, 2.45) is 0 Å². The van der Waals surface area contributed by atoms with E-state index in [1.165, 1.54) is 5.38 Å². The van der Waals surface area contributed by atoms with Crippen molar-refractivity contribution in [3.63, 3.8) is 0 Å². The van der Waals surface area contributed by atoms with Crippen LogP contribution in [0.3, 0.4) is 0 Å². The number of hydrogen-bond donors (Lipinski definition) is 1. The summed E-state index contributed by atoms with van der Waals surface area (Å²) in [6.45, 7) is 1.58. The largest absolute Gasteiger partial charge is 0.471 e. The minimum atomic E-state index is -4.94. The van der Waals surface area contributed by atoms with Crippen LogP contribution < -0.4 is 5.32 Å². The molecule has 0 saturated carbocycles. The zero-order valence-electron chi connectivity index (χ0n) is 7.47. The molecule has 0 bridgehead atoms. The Morgan fingerprint density at radius 1 is 1.60 bits per heavy atom. The highest BCUT2D eigenvalue weighted by atomic mass is 32.1. The Labute approximate surface area is 87.1 Å². The standard InChI is InChI=1S/C8H5F3N2OS/c1-4-3-15-6(5(4)2-12)13-7(14)8(9,10)11/h3H,1H3,(H,13,14). The van der Waals surface area contributed by atoms with Crippen LogP contribution in [0.2, 0.25) is 0 Å². The maximum absolute atomic E-state index is 11.9. The molecule has 3 nitrogen and oxygen atoms in total. The summed E-state index contributed by atoms with van der Waals surface area (Å²) in [5.41, 5.74) is 0.609. The predicted molar refractivity (Wildman–Crippen MR) is 48.5 cm³/mol. The number of thiophene rings is 1. The molecular formula is C8H5F3N2OS. The van der Waals surface area contributed by atoms with Crippen LogP contribution in [0, 0.1) is 18.3 Å². The Hall–Kier alpha value is -1.55. The molecule has 0 spiro atoms. The monoisotopic (exact) mass is 234 g/mol. The number of halogens is 3. The molecule has 7 heteroatoms. The molecule has 1 rings (SSSR count). The van der Waals surface area contributed by atoms with E-state index < -0.39 is 12.1 Å². The molecule has 0 aliphatic carbocycles. The van der Waals surface area contributed by atoms with Crippen molar-refractivity contribution >= 4 is 22.2 Å². The molecule has 0 saturated heterocycles. The van der Waals surface area contributed by atoms with Crippen LogP contribution in [0.1, 0.15) is 11.1 Å². The topological polar surface area (TPSA) is 52.9 Å². The summed E-state index contributed by atoms with van der Waals surface area (Å²) in [4.78, 5) is 10.6. The quantitative estimate of drug-likeness (QED) is 0.811. The Morgan fingerprint density at radius 3 is 2.67 bits per heavy atom. The smallest absolute Gasteiger partial charge is 0.309 e. The number of aryl methyl sites for hydroxylation is 1. The van der Waals surface area contributed by atoms with E-state index in [1.54, 1.807) is 18.3 Å². The third kappa shape index (κ3) is 2.47. The lowest BCUT2D eigenvalue weighted by Gasteiger charge is -2.05. The fourth-order valence-corrected chi connectivity index (χ4v) is 1.74. The maximum atomic E-state index is 11.9. The SMILES string of the molecule is Cc1csc(NC(=O)C(F)(F)F)c1C#N. The summed E-state index contributed by atoms with van der Waals surface area (Å²) in [7, 11) is 0. The molecule has 80 valence electrons. The molecule has 0 aliphatic rings. The zero-order valence-corrected chi connectivity index (χ0v) is 8.29. The van der Waals surface area contributed by atoms with Crippen LogP contribution in [-0.2, 0) is 4.79 Å². The minimum absolute atomic E-state index is 0.0672. The molecule has 0 aliphatic heterocycles. The molecule has 0 atom stereocenters. The van der Waals surface area contributed by atoms with Gasteiger partial charge in [0.05, 0.1) is 5.56 Å². The van der Waals surface area contributed by atoms with Gasteiger partial charge in [-0.15, -0.1) is 11.3 Å². The van der Waals surface area contributed by atoms with Gasteiger partial charge >= 0.3 is 12.1 Å². The van der Waals surface area contributed by atoms with Crippen LogP contribution in [0.4, 0.5) is 18.2 Å². The van der Waals surface area contributed by atoms with Gasteiger partial charge in [0.15, 0.2) is 0 Å². The Kier molecular flexibility index (Phi) is 3.00. The molecule has 1 amide bonds. The molecule has 0 aromatic carbocycles. The minimum Gasteiger partial charge on any atom is -0.309 e. The second-order valence-corrected chi connectivity index (χ2v) is 3.57. The molecule has 0 radical (unpaired) electrons. The second kappa shape index (κ2) is 3.90. The number of carbonyl (C=O) groups is 1. The van der Waals surface area contributed by atoms with Gasteiger partial charge in [-0.1, -0.05) is 0 Å². The number of amides is 1. The number of alkyl halides is 3. The molecule has 1 N–H and O–H groups in total. The van der Waals surface area contributed by atoms with Gasteiger partial charge in [0, 0.05) is 0 Å². The predicted octanol–water partition coefficient (Wildman–Crippen LogP) is 2.43. The fraction of sp³-hybridized carbons (Fsp3) is 0.250. The zero-order chi connectivity index (χ0) is 11.6. The lowest BCUT2D eigenvalue weighted by Crippen LogP contribution is -2.29. The summed E-state index contributed by atoms with van der Waals surface area (Å²) >= 11 is 0.891. The molecule has 1 aromatic heterocycles. The van der Waals surface area contributed by atoms with Crippen molar-refractivity contribution in [1.29, 1.82) is 5.26 Å². The van der Waals surface area contributed by atoms with E-state index in [4.69, 9.17) is 5.26 Å². The van der Waals surface area contributed by atoms with Gasteiger partial charge in [-0.25, -0.2) is 0 Å². The van der Waals surface area contributed by atoms with E-state index in [-0.39, 0.29) is 10.6 Å². The number of hydrogen-bond acceptors (Lipinski definition) is 3. The third-order valence-corrected chi connectivity index (χ3v) is 2.58. The Morgan fingerprint density at radius 2 is 2.20 bits per heavy atom.